The van der Waals surface area contributed by atoms with E-state index in [9.17, 15) is 0 Å². The van der Waals surface area contributed by atoms with Crippen LogP contribution in [0.15, 0.2) is 45.6 Å². The number of aryl methyl sites for hydroxylation is 1. The van der Waals surface area contributed by atoms with Crippen molar-refractivity contribution in [3.05, 3.63) is 62.3 Å². The van der Waals surface area contributed by atoms with Crippen LogP contribution < -0.4 is 5.32 Å². The highest BCUT2D eigenvalue weighted by atomic mass is 79.9. The van der Waals surface area contributed by atoms with Crippen LogP contribution in [0.5, 0.6) is 0 Å². The molecule has 1 aromatic rings. The molecule has 0 aliphatic carbocycles. The fourth-order valence-corrected chi connectivity index (χ4v) is 5.58. The molecular weight excluding hydrogens is 476 g/mol. The number of nitrogens with one attached hydrogen (secondary N) is 1. The largest absolute Gasteiger partial charge is 0.346 e. The van der Waals surface area contributed by atoms with Crippen LogP contribution in [0.25, 0.3) is 6.08 Å². The molecule has 4 heteroatoms. The van der Waals surface area contributed by atoms with Gasteiger partial charge in [-0.15, -0.1) is 0 Å². The monoisotopic (exact) mass is 506 g/mol. The van der Waals surface area contributed by atoms with Gasteiger partial charge in [-0.2, -0.15) is 0 Å². The molecule has 0 amide bonds. The SMILES string of the molecule is CC(C)C.Cc1cc(Br)c2c(c1)C=CN1C=C(Br)C=CC1C2C1CCNCC1. The number of halogens is 2. The zero-order valence-corrected chi connectivity index (χ0v) is 20.6. The van der Waals surface area contributed by atoms with E-state index in [0.717, 1.165) is 23.5 Å². The quantitative estimate of drug-likeness (QED) is 0.441. The molecule has 0 radical (unpaired) electrons. The van der Waals surface area contributed by atoms with Crippen LogP contribution in [-0.4, -0.2) is 24.0 Å². The summed E-state index contributed by atoms with van der Waals surface area (Å²) in [6, 6.07) is 4.98. The van der Waals surface area contributed by atoms with Gasteiger partial charge in [-0.05, 0) is 95.5 Å². The van der Waals surface area contributed by atoms with Gasteiger partial charge in [0.2, 0.25) is 0 Å². The summed E-state index contributed by atoms with van der Waals surface area (Å²) in [6.45, 7) is 10.9. The minimum atomic E-state index is 0.380. The fraction of sp³-hybridized carbons (Fsp3) is 0.500. The first-order valence-electron chi connectivity index (χ1n) is 10.4. The molecule has 28 heavy (non-hydrogen) atoms. The van der Waals surface area contributed by atoms with Gasteiger partial charge >= 0.3 is 0 Å². The van der Waals surface area contributed by atoms with Gasteiger partial charge in [0.15, 0.2) is 0 Å². The number of hydrogen-bond donors (Lipinski definition) is 1. The first-order valence-corrected chi connectivity index (χ1v) is 12.0. The Labute approximate surface area is 187 Å². The lowest BCUT2D eigenvalue weighted by molar-refractivity contribution is 0.245. The van der Waals surface area contributed by atoms with Crippen LogP contribution >= 0.6 is 31.9 Å². The summed E-state index contributed by atoms with van der Waals surface area (Å²) >= 11 is 7.52. The van der Waals surface area contributed by atoms with E-state index in [4.69, 9.17) is 0 Å². The highest BCUT2D eigenvalue weighted by Crippen LogP contribution is 2.45. The Morgan fingerprint density at radius 2 is 1.75 bits per heavy atom. The van der Waals surface area contributed by atoms with E-state index < -0.39 is 0 Å². The highest BCUT2D eigenvalue weighted by molar-refractivity contribution is 9.12. The van der Waals surface area contributed by atoms with E-state index in [2.05, 4.69) is 113 Å². The molecule has 4 rings (SSSR count). The molecule has 2 unspecified atom stereocenters. The molecule has 1 saturated heterocycles. The van der Waals surface area contributed by atoms with Gasteiger partial charge in [0.1, 0.15) is 0 Å². The smallest absolute Gasteiger partial charge is 0.0586 e. The molecular formula is C24H32Br2N2. The Hall–Kier alpha value is -0.840. The standard InChI is InChI=1S/C20H22Br2N2.C4H10/c1-13-10-15-6-9-24-12-16(21)2-3-18(24)20(19(15)17(22)11-13)14-4-7-23-8-5-14;1-4(2)3/h2-3,6,9-12,14,18,20,23H,4-5,7-8H2,1H3;4H,1-3H3. The van der Waals surface area contributed by atoms with Gasteiger partial charge < -0.3 is 10.2 Å². The normalized spacial score (nSPS) is 24.1. The van der Waals surface area contributed by atoms with E-state index >= 15 is 0 Å². The average Bonchev–Trinajstić information content (AvgIpc) is 2.79. The van der Waals surface area contributed by atoms with Crippen LogP contribution in [0.3, 0.4) is 0 Å². The van der Waals surface area contributed by atoms with Crippen molar-refractivity contribution in [1.29, 1.82) is 0 Å². The third-order valence-corrected chi connectivity index (χ3v) is 6.52. The molecule has 2 atom stereocenters. The summed E-state index contributed by atoms with van der Waals surface area (Å²) in [5.74, 6) is 2.03. The minimum absolute atomic E-state index is 0.380. The molecule has 152 valence electrons. The van der Waals surface area contributed by atoms with Gasteiger partial charge in [-0.3, -0.25) is 0 Å². The van der Waals surface area contributed by atoms with Gasteiger partial charge in [-0.1, -0.05) is 48.8 Å². The molecule has 3 aliphatic rings. The lowest BCUT2D eigenvalue weighted by Crippen LogP contribution is -2.40. The topological polar surface area (TPSA) is 15.3 Å². The van der Waals surface area contributed by atoms with E-state index in [1.165, 1.54) is 34.0 Å². The Balaban J connectivity index is 0.000000516. The second kappa shape index (κ2) is 9.77. The molecule has 2 nitrogen and oxygen atoms in total. The first kappa shape index (κ1) is 21.9. The predicted molar refractivity (Wildman–Crippen MR) is 129 cm³/mol. The molecule has 0 aromatic heterocycles. The van der Waals surface area contributed by atoms with Gasteiger partial charge in [0.05, 0.1) is 6.04 Å². The summed E-state index contributed by atoms with van der Waals surface area (Å²) in [4.78, 5) is 2.37. The predicted octanol–water partition coefficient (Wildman–Crippen LogP) is 6.96. The van der Waals surface area contributed by atoms with E-state index in [-0.39, 0.29) is 0 Å². The summed E-state index contributed by atoms with van der Waals surface area (Å²) < 4.78 is 2.39. The van der Waals surface area contributed by atoms with Gasteiger partial charge in [-0.25, -0.2) is 0 Å². The third kappa shape index (κ3) is 5.20. The van der Waals surface area contributed by atoms with E-state index in [1.54, 1.807) is 0 Å². The van der Waals surface area contributed by atoms with E-state index in [1.807, 2.05) is 0 Å². The van der Waals surface area contributed by atoms with Crippen molar-refractivity contribution in [1.82, 2.24) is 10.2 Å². The van der Waals surface area contributed by atoms with Crippen LogP contribution in [0, 0.1) is 18.8 Å². The number of benzene rings is 1. The molecule has 3 aliphatic heterocycles. The summed E-state index contributed by atoms with van der Waals surface area (Å²) in [6.07, 6.45) is 13.8. The Bertz CT molecular complexity index is 770. The van der Waals surface area contributed by atoms with Crippen molar-refractivity contribution in [3.63, 3.8) is 0 Å². The Kier molecular flexibility index (Phi) is 7.63. The van der Waals surface area contributed by atoms with E-state index in [0.29, 0.717) is 17.9 Å². The van der Waals surface area contributed by atoms with Crippen molar-refractivity contribution < 1.29 is 0 Å². The van der Waals surface area contributed by atoms with Crippen molar-refractivity contribution in [2.75, 3.05) is 13.1 Å². The molecule has 0 saturated carbocycles. The molecule has 0 bridgehead atoms. The van der Waals surface area contributed by atoms with Crippen molar-refractivity contribution in [3.8, 4) is 0 Å². The maximum Gasteiger partial charge on any atom is 0.0586 e. The molecule has 1 N–H and O–H groups in total. The zero-order valence-electron chi connectivity index (χ0n) is 17.4. The molecule has 1 aromatic carbocycles. The van der Waals surface area contributed by atoms with Crippen LogP contribution in [0.1, 0.15) is 56.2 Å². The number of fused-ring (bicyclic) bond motifs is 2. The summed E-state index contributed by atoms with van der Waals surface area (Å²) in [5, 5.41) is 3.52. The lowest BCUT2D eigenvalue weighted by Gasteiger charge is -2.40. The van der Waals surface area contributed by atoms with Crippen molar-refractivity contribution >= 4 is 37.9 Å². The fourth-order valence-electron chi connectivity index (χ4n) is 4.33. The first-order chi connectivity index (χ1) is 13.4. The lowest BCUT2D eigenvalue weighted by atomic mass is 9.74. The molecule has 0 spiro atoms. The summed E-state index contributed by atoms with van der Waals surface area (Å²) in [7, 11) is 0. The number of allylic oxidation sites excluding steroid dienone is 2. The Morgan fingerprint density at radius 1 is 1.07 bits per heavy atom. The maximum atomic E-state index is 3.89. The number of piperidine rings is 1. The molecule has 1 fully saturated rings. The van der Waals surface area contributed by atoms with Gasteiger partial charge in [0, 0.05) is 27.3 Å². The number of rotatable bonds is 1. The highest BCUT2D eigenvalue weighted by Gasteiger charge is 2.37. The second-order valence-electron chi connectivity index (χ2n) is 8.72. The average molecular weight is 508 g/mol. The van der Waals surface area contributed by atoms with Crippen molar-refractivity contribution in [2.24, 2.45) is 11.8 Å². The summed E-state index contributed by atoms with van der Waals surface area (Å²) in [5.41, 5.74) is 4.14. The third-order valence-electron chi connectivity index (χ3n) is 5.39. The Morgan fingerprint density at radius 3 is 2.43 bits per heavy atom. The molecule has 3 heterocycles. The van der Waals surface area contributed by atoms with Crippen LogP contribution in [0.2, 0.25) is 0 Å². The zero-order chi connectivity index (χ0) is 20.3. The van der Waals surface area contributed by atoms with Crippen LogP contribution in [0.4, 0.5) is 0 Å². The minimum Gasteiger partial charge on any atom is -0.346 e. The number of nitrogens with zero attached hydrogens (tertiary/aromatic N) is 1. The van der Waals surface area contributed by atoms with Crippen LogP contribution in [-0.2, 0) is 0 Å². The van der Waals surface area contributed by atoms with Gasteiger partial charge in [0.25, 0.3) is 0 Å². The number of hydrogen-bond acceptors (Lipinski definition) is 2. The second-order valence-corrected chi connectivity index (χ2v) is 10.5. The van der Waals surface area contributed by atoms with Crippen molar-refractivity contribution in [2.45, 2.75) is 52.5 Å². The maximum absolute atomic E-state index is 3.89.